The Hall–Kier alpha value is -2.47. The van der Waals surface area contributed by atoms with Crippen LogP contribution in [0.2, 0.25) is 0 Å². The molecule has 0 spiro atoms. The fourth-order valence-electron chi connectivity index (χ4n) is 2.31. The van der Waals surface area contributed by atoms with Crippen molar-refractivity contribution in [2.24, 2.45) is 0 Å². The molecule has 0 bridgehead atoms. The first-order valence-electron chi connectivity index (χ1n) is 9.09. The van der Waals surface area contributed by atoms with Crippen molar-refractivity contribution in [2.75, 3.05) is 6.61 Å². The highest BCUT2D eigenvalue weighted by atomic mass is 17.2. The molecular formula is C22H26O5. The minimum atomic E-state index is -1.32. The Morgan fingerprint density at radius 1 is 0.926 bits per heavy atom. The van der Waals surface area contributed by atoms with E-state index in [0.29, 0.717) is 13.2 Å². The van der Waals surface area contributed by atoms with E-state index in [9.17, 15) is 9.90 Å². The number of hydrogen-bond acceptors (Lipinski definition) is 5. The minimum Gasteiger partial charge on any atom is -0.377 e. The standard InChI is InChI=1S/C22H26O5/c23-21(22(24)27-26-18-20-13-7-4-8-14-20)15-9-1-2-10-16-25-17-19-11-5-3-6-12-19/h3-9,11-15,21,23H,1-2,10,16-18H2/b15-9+/t21-/m0/s1. The van der Waals surface area contributed by atoms with E-state index >= 15 is 0 Å². The van der Waals surface area contributed by atoms with Gasteiger partial charge in [0.15, 0.2) is 6.10 Å². The molecule has 2 aromatic carbocycles. The predicted octanol–water partition coefficient (Wildman–Crippen LogP) is 3.97. The van der Waals surface area contributed by atoms with Gasteiger partial charge in [0.1, 0.15) is 6.61 Å². The third-order valence-corrected chi connectivity index (χ3v) is 3.79. The van der Waals surface area contributed by atoms with Crippen LogP contribution < -0.4 is 0 Å². The van der Waals surface area contributed by atoms with Gasteiger partial charge in [0.2, 0.25) is 0 Å². The number of benzene rings is 2. The maximum Gasteiger partial charge on any atom is 0.374 e. The summed E-state index contributed by atoms with van der Waals surface area (Å²) < 4.78 is 5.60. The smallest absolute Gasteiger partial charge is 0.374 e. The summed E-state index contributed by atoms with van der Waals surface area (Å²) in [6.07, 6.45) is 4.44. The van der Waals surface area contributed by atoms with Crippen molar-refractivity contribution < 1.29 is 24.4 Å². The van der Waals surface area contributed by atoms with Gasteiger partial charge in [0, 0.05) is 6.61 Å². The van der Waals surface area contributed by atoms with E-state index in [2.05, 4.69) is 4.89 Å². The SMILES string of the molecule is O=C(OOCc1ccccc1)[C@@H](O)/C=C/CCCCOCc1ccccc1. The van der Waals surface area contributed by atoms with Gasteiger partial charge in [-0.2, -0.15) is 4.89 Å². The number of unbranched alkanes of at least 4 members (excludes halogenated alkanes) is 2. The second kappa shape index (κ2) is 12.8. The Bertz CT molecular complexity index is 670. The van der Waals surface area contributed by atoms with Crippen molar-refractivity contribution in [3.63, 3.8) is 0 Å². The van der Waals surface area contributed by atoms with Gasteiger partial charge in [-0.1, -0.05) is 66.7 Å². The quantitative estimate of drug-likeness (QED) is 0.265. The lowest BCUT2D eigenvalue weighted by molar-refractivity contribution is -0.284. The molecule has 0 aliphatic rings. The summed E-state index contributed by atoms with van der Waals surface area (Å²) in [5, 5.41) is 9.72. The lowest BCUT2D eigenvalue weighted by atomic mass is 10.2. The van der Waals surface area contributed by atoms with Crippen LogP contribution in [0.5, 0.6) is 0 Å². The predicted molar refractivity (Wildman–Crippen MR) is 102 cm³/mol. The minimum absolute atomic E-state index is 0.145. The molecular weight excluding hydrogens is 344 g/mol. The molecule has 0 unspecified atom stereocenters. The zero-order valence-corrected chi connectivity index (χ0v) is 15.3. The van der Waals surface area contributed by atoms with Gasteiger partial charge in [-0.15, -0.1) is 0 Å². The highest BCUT2D eigenvalue weighted by Crippen LogP contribution is 2.05. The number of allylic oxidation sites excluding steroid dienone is 1. The molecule has 144 valence electrons. The molecule has 1 atom stereocenters. The van der Waals surface area contributed by atoms with Gasteiger partial charge in [-0.3, -0.25) is 4.89 Å². The van der Waals surface area contributed by atoms with E-state index in [0.717, 1.165) is 30.4 Å². The highest BCUT2D eigenvalue weighted by Gasteiger charge is 2.14. The molecule has 2 rings (SSSR count). The molecule has 0 radical (unpaired) electrons. The number of hydrogen-bond donors (Lipinski definition) is 1. The molecule has 0 aliphatic heterocycles. The second-order valence-corrected chi connectivity index (χ2v) is 6.06. The first-order chi connectivity index (χ1) is 13.3. The van der Waals surface area contributed by atoms with Crippen LogP contribution in [0.3, 0.4) is 0 Å². The van der Waals surface area contributed by atoms with Crippen LogP contribution in [0.4, 0.5) is 0 Å². The van der Waals surface area contributed by atoms with Crippen LogP contribution in [0.1, 0.15) is 30.4 Å². The maximum absolute atomic E-state index is 11.6. The molecule has 0 heterocycles. The fourth-order valence-corrected chi connectivity index (χ4v) is 2.31. The fraction of sp³-hybridized carbons (Fsp3) is 0.318. The van der Waals surface area contributed by atoms with Gasteiger partial charge in [-0.25, -0.2) is 4.79 Å². The van der Waals surface area contributed by atoms with Gasteiger partial charge >= 0.3 is 5.97 Å². The number of carbonyl (C=O) groups excluding carboxylic acids is 1. The van der Waals surface area contributed by atoms with Crippen molar-refractivity contribution in [3.8, 4) is 0 Å². The Morgan fingerprint density at radius 3 is 2.22 bits per heavy atom. The zero-order chi connectivity index (χ0) is 19.2. The van der Waals surface area contributed by atoms with Gasteiger partial charge < -0.3 is 9.84 Å². The third-order valence-electron chi connectivity index (χ3n) is 3.79. The van der Waals surface area contributed by atoms with E-state index in [1.54, 1.807) is 6.08 Å². The number of rotatable bonds is 12. The first-order valence-corrected chi connectivity index (χ1v) is 9.09. The van der Waals surface area contributed by atoms with Gasteiger partial charge in [-0.05, 0) is 36.5 Å². The van der Waals surface area contributed by atoms with E-state index in [4.69, 9.17) is 9.62 Å². The van der Waals surface area contributed by atoms with E-state index in [1.165, 1.54) is 6.08 Å². The molecule has 27 heavy (non-hydrogen) atoms. The molecule has 5 heteroatoms. The summed E-state index contributed by atoms with van der Waals surface area (Å²) >= 11 is 0. The molecule has 0 saturated carbocycles. The summed E-state index contributed by atoms with van der Waals surface area (Å²) in [5.41, 5.74) is 2.04. The monoisotopic (exact) mass is 370 g/mol. The molecule has 0 amide bonds. The molecule has 5 nitrogen and oxygen atoms in total. The maximum atomic E-state index is 11.6. The summed E-state index contributed by atoms with van der Waals surface area (Å²) in [7, 11) is 0. The van der Waals surface area contributed by atoms with Crippen molar-refractivity contribution in [3.05, 3.63) is 83.9 Å². The van der Waals surface area contributed by atoms with E-state index in [-0.39, 0.29) is 6.61 Å². The lowest BCUT2D eigenvalue weighted by Crippen LogP contribution is -2.20. The Balaban J connectivity index is 1.49. The Kier molecular flexibility index (Phi) is 9.89. The molecule has 0 saturated heterocycles. The van der Waals surface area contributed by atoms with Crippen molar-refractivity contribution >= 4 is 5.97 Å². The molecule has 0 aliphatic carbocycles. The third kappa shape index (κ3) is 9.15. The topological polar surface area (TPSA) is 65.0 Å². The van der Waals surface area contributed by atoms with Gasteiger partial charge in [0.05, 0.1) is 6.61 Å². The summed E-state index contributed by atoms with van der Waals surface area (Å²) in [5.74, 6) is -0.826. The molecule has 0 aromatic heterocycles. The number of ether oxygens (including phenoxy) is 1. The Morgan fingerprint density at radius 2 is 1.56 bits per heavy atom. The van der Waals surface area contributed by atoms with Crippen LogP contribution >= 0.6 is 0 Å². The molecule has 0 fully saturated rings. The average Bonchev–Trinajstić information content (AvgIpc) is 2.71. The summed E-state index contributed by atoms with van der Waals surface area (Å²) in [6.45, 7) is 1.44. The highest BCUT2D eigenvalue weighted by molar-refractivity contribution is 5.75. The normalized spacial score (nSPS) is 12.2. The second-order valence-electron chi connectivity index (χ2n) is 6.06. The molecule has 1 N–H and O–H groups in total. The summed E-state index contributed by atoms with van der Waals surface area (Å²) in [6, 6.07) is 19.4. The first kappa shape index (κ1) is 20.8. The van der Waals surface area contributed by atoms with Gasteiger partial charge in [0.25, 0.3) is 0 Å². The van der Waals surface area contributed by atoms with Crippen molar-refractivity contribution in [1.29, 1.82) is 0 Å². The van der Waals surface area contributed by atoms with Crippen LogP contribution in [0, 0.1) is 0 Å². The summed E-state index contributed by atoms with van der Waals surface area (Å²) in [4.78, 5) is 21.1. The van der Waals surface area contributed by atoms with Crippen LogP contribution in [-0.4, -0.2) is 23.8 Å². The van der Waals surface area contributed by atoms with Crippen LogP contribution in [0.15, 0.2) is 72.8 Å². The molecule has 2 aromatic rings. The van der Waals surface area contributed by atoms with E-state index < -0.39 is 12.1 Å². The Labute approximate surface area is 160 Å². The van der Waals surface area contributed by atoms with Crippen molar-refractivity contribution in [2.45, 2.75) is 38.6 Å². The zero-order valence-electron chi connectivity index (χ0n) is 15.3. The lowest BCUT2D eigenvalue weighted by Gasteiger charge is -2.06. The van der Waals surface area contributed by atoms with Crippen LogP contribution in [0.25, 0.3) is 0 Å². The largest absolute Gasteiger partial charge is 0.377 e. The average molecular weight is 370 g/mol. The van der Waals surface area contributed by atoms with E-state index in [1.807, 2.05) is 60.7 Å². The van der Waals surface area contributed by atoms with Crippen LogP contribution in [-0.2, 0) is 32.5 Å². The number of carbonyl (C=O) groups is 1. The van der Waals surface area contributed by atoms with Crippen molar-refractivity contribution in [1.82, 2.24) is 0 Å². The number of aliphatic hydroxyl groups excluding tert-OH is 1. The number of aliphatic hydroxyl groups is 1.